The van der Waals surface area contributed by atoms with Crippen LogP contribution in [0.25, 0.3) is 0 Å². The molecule has 1 aromatic carbocycles. The second-order valence-corrected chi connectivity index (χ2v) is 7.63. The van der Waals surface area contributed by atoms with Crippen molar-refractivity contribution in [1.82, 2.24) is 5.32 Å². The largest absolute Gasteiger partial charge is 0.481 e. The summed E-state index contributed by atoms with van der Waals surface area (Å²) in [6.45, 7) is 4.96. The van der Waals surface area contributed by atoms with Crippen LogP contribution < -0.4 is 5.32 Å². The summed E-state index contributed by atoms with van der Waals surface area (Å²) in [5.41, 5.74) is -0.0154. The van der Waals surface area contributed by atoms with Gasteiger partial charge in [-0.1, -0.05) is 53.5 Å². The Labute approximate surface area is 177 Å². The van der Waals surface area contributed by atoms with Gasteiger partial charge >= 0.3 is 24.0 Å². The molecule has 29 heavy (non-hydrogen) atoms. The fourth-order valence-corrected chi connectivity index (χ4v) is 1.65. The first-order chi connectivity index (χ1) is 13.3. The lowest BCUT2D eigenvalue weighted by Gasteiger charge is -2.23. The fourth-order valence-electron chi connectivity index (χ4n) is 1.65. The number of carbonyl (C=O) groups excluding carboxylic acids is 2. The molecule has 0 aromatic heterocycles. The topological polar surface area (TPSA) is 139 Å². The zero-order chi connectivity index (χ0) is 22.6. The van der Waals surface area contributed by atoms with Crippen LogP contribution in [0.1, 0.15) is 32.8 Å². The fraction of sp³-hybridized carbons (Fsp3) is 0.444. The molecule has 0 spiro atoms. The highest BCUT2D eigenvalue weighted by Gasteiger charge is 2.29. The van der Waals surface area contributed by atoms with Crippen LogP contribution in [0, 0.1) is 0 Å². The minimum Gasteiger partial charge on any atom is -0.481 e. The predicted octanol–water partition coefficient (Wildman–Crippen LogP) is 2.97. The van der Waals surface area contributed by atoms with E-state index in [-0.39, 0.29) is 6.61 Å². The van der Waals surface area contributed by atoms with Crippen molar-refractivity contribution in [2.45, 2.75) is 50.3 Å². The minimum absolute atomic E-state index is 0.0147. The molecule has 162 valence electrons. The van der Waals surface area contributed by atoms with Crippen LogP contribution in [0.4, 0.5) is 4.79 Å². The average Bonchev–Trinajstić information content (AvgIpc) is 2.59. The van der Waals surface area contributed by atoms with Crippen molar-refractivity contribution < 1.29 is 38.9 Å². The third kappa shape index (κ3) is 14.2. The first-order valence-electron chi connectivity index (χ1n) is 8.24. The zero-order valence-electron chi connectivity index (χ0n) is 16.1. The van der Waals surface area contributed by atoms with Crippen LogP contribution in [-0.2, 0) is 30.5 Å². The molecule has 1 unspecified atom stereocenters. The van der Waals surface area contributed by atoms with Crippen LogP contribution in [0.3, 0.4) is 0 Å². The first kappa shape index (κ1) is 26.5. The molecular weight excluding hydrogens is 429 g/mol. The van der Waals surface area contributed by atoms with Gasteiger partial charge in [-0.2, -0.15) is 0 Å². The number of rotatable bonds is 7. The summed E-state index contributed by atoms with van der Waals surface area (Å²) in [4.78, 5) is 42.7. The Morgan fingerprint density at radius 1 is 1.07 bits per heavy atom. The van der Waals surface area contributed by atoms with E-state index in [1.54, 1.807) is 45.0 Å². The summed E-state index contributed by atoms with van der Waals surface area (Å²) < 4.78 is 10.1. The van der Waals surface area contributed by atoms with E-state index in [4.69, 9.17) is 42.9 Å². The molecule has 0 saturated heterocycles. The number of alkyl carbamates (subject to hydrolysis) is 1. The maximum Gasteiger partial charge on any atom is 0.408 e. The normalized spacial score (nSPS) is 11.5. The number of aliphatic carboxylic acids is 2. The number of hydrogen-bond acceptors (Lipinski definition) is 6. The van der Waals surface area contributed by atoms with Gasteiger partial charge in [-0.15, -0.1) is 0 Å². The molecule has 3 N–H and O–H groups in total. The molecule has 11 heteroatoms. The number of esters is 1. The van der Waals surface area contributed by atoms with Crippen molar-refractivity contribution in [3.8, 4) is 0 Å². The molecule has 1 atom stereocenters. The third-order valence-corrected chi connectivity index (χ3v) is 3.13. The number of nitrogens with one attached hydrogen (secondary N) is 1. The van der Waals surface area contributed by atoms with E-state index in [0.29, 0.717) is 0 Å². The predicted molar refractivity (Wildman–Crippen MR) is 105 cm³/mol. The van der Waals surface area contributed by atoms with Gasteiger partial charge in [0, 0.05) is 0 Å². The van der Waals surface area contributed by atoms with E-state index in [0.717, 1.165) is 5.56 Å². The quantitative estimate of drug-likeness (QED) is 0.424. The minimum atomic E-state index is -1.31. The summed E-state index contributed by atoms with van der Waals surface area (Å²) in [6.07, 6.45) is -1.47. The average molecular weight is 452 g/mol. The van der Waals surface area contributed by atoms with Gasteiger partial charge in [0.1, 0.15) is 18.2 Å². The van der Waals surface area contributed by atoms with Crippen molar-refractivity contribution >= 4 is 47.2 Å². The number of carboxylic acids is 2. The van der Waals surface area contributed by atoms with Crippen molar-refractivity contribution in [3.05, 3.63) is 35.9 Å². The first-order valence-corrected chi connectivity index (χ1v) is 9.12. The lowest BCUT2D eigenvalue weighted by Crippen LogP contribution is -2.45. The summed E-state index contributed by atoms with van der Waals surface area (Å²) in [5.74, 6) is -3.26. The highest BCUT2D eigenvalue weighted by Crippen LogP contribution is 2.10. The molecule has 1 aromatic rings. The zero-order valence-corrected chi connectivity index (χ0v) is 17.6. The number of benzene rings is 1. The lowest BCUT2D eigenvalue weighted by atomic mass is 10.1. The smallest absolute Gasteiger partial charge is 0.408 e. The molecule has 1 amide bonds. The van der Waals surface area contributed by atoms with Gasteiger partial charge in [0.25, 0.3) is 0 Å². The van der Waals surface area contributed by atoms with Crippen LogP contribution in [0.15, 0.2) is 30.3 Å². The van der Waals surface area contributed by atoms with Gasteiger partial charge < -0.3 is 25.0 Å². The molecule has 1 rings (SSSR count). The highest BCUT2D eigenvalue weighted by atomic mass is 35.5. The lowest BCUT2D eigenvalue weighted by molar-refractivity contribution is -0.159. The van der Waals surface area contributed by atoms with Crippen LogP contribution >= 0.6 is 23.2 Å². The molecule has 0 aliphatic heterocycles. The number of carbonyl (C=O) groups is 4. The molecule has 0 aliphatic rings. The Kier molecular flexibility index (Phi) is 11.7. The maximum absolute atomic E-state index is 11.9. The van der Waals surface area contributed by atoms with E-state index in [9.17, 15) is 19.2 Å². The van der Waals surface area contributed by atoms with Gasteiger partial charge in [-0.05, 0) is 26.3 Å². The number of alkyl halides is 2. The Morgan fingerprint density at radius 2 is 1.59 bits per heavy atom. The molecule has 0 heterocycles. The number of hydrogen-bond donors (Lipinski definition) is 3. The van der Waals surface area contributed by atoms with Crippen molar-refractivity contribution in [3.63, 3.8) is 0 Å². The summed E-state index contributed by atoms with van der Waals surface area (Å²) in [7, 11) is 0. The highest BCUT2D eigenvalue weighted by molar-refractivity contribution is 6.52. The van der Waals surface area contributed by atoms with Crippen LogP contribution in [0.5, 0.6) is 0 Å². The summed E-state index contributed by atoms with van der Waals surface area (Å²) >= 11 is 9.56. The molecule has 9 nitrogen and oxygen atoms in total. The molecule has 0 saturated carbocycles. The number of amides is 1. The molecular formula is C18H23Cl2NO8. The van der Waals surface area contributed by atoms with E-state index in [1.165, 1.54) is 0 Å². The summed E-state index contributed by atoms with van der Waals surface area (Å²) in [5, 5.41) is 18.8. The molecule has 0 aliphatic carbocycles. The standard InChI is InChI=1S/C16H21NO6.C2H2Cl2O2/c1-16(2,3)23-14(20)12(9-13(18)19)17-15(21)22-10-11-7-5-4-6-8-11;3-1(4)2(5)6/h4-8,12H,9-10H2,1-3H3,(H,17,21)(H,18,19);1H,(H,5,6). The molecule has 0 bridgehead atoms. The van der Waals surface area contributed by atoms with Gasteiger partial charge in [0.05, 0.1) is 6.42 Å². The van der Waals surface area contributed by atoms with Gasteiger partial charge in [-0.3, -0.25) is 4.79 Å². The van der Waals surface area contributed by atoms with Gasteiger partial charge in [-0.25, -0.2) is 14.4 Å². The van der Waals surface area contributed by atoms with Crippen LogP contribution in [0.2, 0.25) is 0 Å². The second-order valence-electron chi connectivity index (χ2n) is 6.53. The molecule has 0 radical (unpaired) electrons. The maximum atomic E-state index is 11.9. The Hall–Kier alpha value is -2.52. The summed E-state index contributed by atoms with van der Waals surface area (Å²) in [6, 6.07) is 7.66. The number of carboxylic acid groups (broad SMARTS) is 2. The number of halogens is 2. The van der Waals surface area contributed by atoms with E-state index >= 15 is 0 Å². The Balaban J connectivity index is 0.00000113. The number of ether oxygens (including phenoxy) is 2. The molecule has 0 fully saturated rings. The van der Waals surface area contributed by atoms with E-state index in [2.05, 4.69) is 5.32 Å². The Bertz CT molecular complexity index is 689. The van der Waals surface area contributed by atoms with Gasteiger partial charge in [0.2, 0.25) is 4.84 Å². The van der Waals surface area contributed by atoms with E-state index in [1.807, 2.05) is 6.07 Å². The third-order valence-electron chi connectivity index (χ3n) is 2.76. The second kappa shape index (κ2) is 12.8. The van der Waals surface area contributed by atoms with Gasteiger partial charge in [0.15, 0.2) is 0 Å². The van der Waals surface area contributed by atoms with Crippen molar-refractivity contribution in [2.24, 2.45) is 0 Å². The SMILES string of the molecule is CC(C)(C)OC(=O)C(CC(=O)O)NC(=O)OCc1ccccc1.O=C(O)C(Cl)Cl. The Morgan fingerprint density at radius 3 is 2.00 bits per heavy atom. The van der Waals surface area contributed by atoms with Crippen molar-refractivity contribution in [2.75, 3.05) is 0 Å². The van der Waals surface area contributed by atoms with Crippen molar-refractivity contribution in [1.29, 1.82) is 0 Å². The van der Waals surface area contributed by atoms with E-state index < -0.39 is 46.9 Å². The monoisotopic (exact) mass is 451 g/mol. The van der Waals surface area contributed by atoms with Crippen LogP contribution in [-0.4, -0.2) is 50.7 Å².